The molecule has 2 aromatic carbocycles. The fourth-order valence-corrected chi connectivity index (χ4v) is 3.28. The Morgan fingerprint density at radius 2 is 1.71 bits per heavy atom. The maximum absolute atomic E-state index is 14.4. The van der Waals surface area contributed by atoms with Gasteiger partial charge < -0.3 is 5.32 Å². The van der Waals surface area contributed by atoms with Gasteiger partial charge in [-0.2, -0.15) is 0 Å². The summed E-state index contributed by atoms with van der Waals surface area (Å²) in [5.74, 6) is -0.231. The molecule has 1 aromatic heterocycles. The first-order chi connectivity index (χ1) is 13.8. The van der Waals surface area contributed by atoms with Crippen molar-refractivity contribution in [2.24, 2.45) is 4.99 Å². The van der Waals surface area contributed by atoms with Crippen LogP contribution in [0.4, 0.5) is 4.39 Å². The number of hydrogen-bond donors (Lipinski definition) is 1. The highest BCUT2D eigenvalue weighted by molar-refractivity contribution is 6.14. The lowest BCUT2D eigenvalue weighted by atomic mass is 9.93. The number of hydrogen-bond acceptors (Lipinski definition) is 3. The molecular formula is C24H26FN3. The van der Waals surface area contributed by atoms with E-state index < -0.39 is 0 Å². The molecule has 28 heavy (non-hydrogen) atoms. The number of fused-ring (bicyclic) bond motifs is 1. The van der Waals surface area contributed by atoms with Gasteiger partial charge >= 0.3 is 0 Å². The predicted molar refractivity (Wildman–Crippen MR) is 113 cm³/mol. The molecule has 3 aromatic rings. The second-order valence-corrected chi connectivity index (χ2v) is 6.41. The summed E-state index contributed by atoms with van der Waals surface area (Å²) in [4.78, 5) is 8.78. The summed E-state index contributed by atoms with van der Waals surface area (Å²) >= 11 is 0. The van der Waals surface area contributed by atoms with Gasteiger partial charge in [0.25, 0.3) is 0 Å². The fourth-order valence-electron chi connectivity index (χ4n) is 3.28. The molecule has 1 aliphatic rings. The third-order valence-electron chi connectivity index (χ3n) is 4.59. The fraction of sp³-hybridized carbons (Fsp3) is 0.250. The van der Waals surface area contributed by atoms with Crippen molar-refractivity contribution in [3.63, 3.8) is 0 Å². The largest absolute Gasteiger partial charge is 0.311 e. The van der Waals surface area contributed by atoms with Gasteiger partial charge in [-0.25, -0.2) is 4.39 Å². The number of nitrogens with zero attached hydrogens (tertiary/aromatic N) is 2. The Hall–Kier alpha value is -2.85. The maximum atomic E-state index is 14.4. The molecule has 4 rings (SSSR count). The molecule has 144 valence electrons. The number of benzene rings is 2. The second-order valence-electron chi connectivity index (χ2n) is 6.41. The average molecular weight is 375 g/mol. The van der Waals surface area contributed by atoms with E-state index in [0.29, 0.717) is 12.1 Å². The van der Waals surface area contributed by atoms with Crippen molar-refractivity contribution in [2.45, 2.75) is 26.8 Å². The summed E-state index contributed by atoms with van der Waals surface area (Å²) in [6.07, 6.45) is 4.42. The summed E-state index contributed by atoms with van der Waals surface area (Å²) in [5, 5.41) is 3.39. The Labute approximate surface area is 166 Å². The Bertz CT molecular complexity index is 936. The summed E-state index contributed by atoms with van der Waals surface area (Å²) in [7, 11) is 0. The molecule has 1 N–H and O–H groups in total. The van der Waals surface area contributed by atoms with Crippen molar-refractivity contribution in [1.82, 2.24) is 10.3 Å². The monoisotopic (exact) mass is 375 g/mol. The maximum Gasteiger partial charge on any atom is 0.132 e. The van der Waals surface area contributed by atoms with Crippen LogP contribution < -0.4 is 5.32 Å². The van der Waals surface area contributed by atoms with Crippen molar-refractivity contribution in [2.75, 3.05) is 13.1 Å². The minimum Gasteiger partial charge on any atom is -0.311 e. The molecule has 0 bridgehead atoms. The Morgan fingerprint density at radius 3 is 2.50 bits per heavy atom. The van der Waals surface area contributed by atoms with Gasteiger partial charge in [-0.3, -0.25) is 9.98 Å². The van der Waals surface area contributed by atoms with Crippen LogP contribution in [0.5, 0.6) is 0 Å². The van der Waals surface area contributed by atoms with Crippen LogP contribution in [-0.2, 0) is 13.0 Å². The van der Waals surface area contributed by atoms with E-state index in [9.17, 15) is 4.39 Å². The highest BCUT2D eigenvalue weighted by Gasteiger charge is 2.17. The lowest BCUT2D eigenvalue weighted by Crippen LogP contribution is -2.23. The van der Waals surface area contributed by atoms with Gasteiger partial charge in [-0.05, 0) is 53.4 Å². The normalized spacial score (nSPS) is 13.3. The molecular weight excluding hydrogens is 349 g/mol. The number of halogens is 1. The summed E-state index contributed by atoms with van der Waals surface area (Å²) in [6, 6.07) is 17.3. The van der Waals surface area contributed by atoms with Crippen molar-refractivity contribution < 1.29 is 4.39 Å². The lowest BCUT2D eigenvalue weighted by Gasteiger charge is -2.18. The number of aromatic nitrogens is 1. The van der Waals surface area contributed by atoms with E-state index in [1.165, 1.54) is 17.2 Å². The highest BCUT2D eigenvalue weighted by Crippen LogP contribution is 2.22. The minimum atomic E-state index is -0.231. The zero-order chi connectivity index (χ0) is 19.8. The molecule has 4 heteroatoms. The number of pyridine rings is 1. The Morgan fingerprint density at radius 1 is 0.929 bits per heavy atom. The standard InChI is InChI=1S/C22H20FN3.C2H6/c23-21-4-2-1-3-19(21)22-20-14-17(13-16-7-9-24-10-8-16)5-6-18(20)15-25-11-12-26-22;1-2/h1-10,14,25H,11-13,15H2;1-2H3. The Balaban J connectivity index is 0.00000109. The molecule has 0 amide bonds. The Kier molecular flexibility index (Phi) is 7.04. The first-order valence-corrected chi connectivity index (χ1v) is 9.82. The van der Waals surface area contributed by atoms with E-state index >= 15 is 0 Å². The predicted octanol–water partition coefficient (Wildman–Crippen LogP) is 4.78. The molecule has 0 unspecified atom stereocenters. The third-order valence-corrected chi connectivity index (χ3v) is 4.59. The summed E-state index contributed by atoms with van der Waals surface area (Å²) in [5.41, 5.74) is 5.85. The van der Waals surface area contributed by atoms with Gasteiger partial charge in [0.05, 0.1) is 12.3 Å². The second kappa shape index (κ2) is 9.90. The van der Waals surface area contributed by atoms with E-state index in [1.807, 2.05) is 38.1 Å². The summed E-state index contributed by atoms with van der Waals surface area (Å²) < 4.78 is 14.4. The van der Waals surface area contributed by atoms with Crippen molar-refractivity contribution in [1.29, 1.82) is 0 Å². The van der Waals surface area contributed by atoms with Crippen molar-refractivity contribution in [3.05, 3.63) is 101 Å². The first-order valence-electron chi connectivity index (χ1n) is 9.82. The average Bonchev–Trinajstić information content (AvgIpc) is 2.73. The molecule has 0 aliphatic carbocycles. The molecule has 0 radical (unpaired) electrons. The van der Waals surface area contributed by atoms with E-state index in [4.69, 9.17) is 4.99 Å². The van der Waals surface area contributed by atoms with Crippen LogP contribution in [0.15, 0.2) is 72.0 Å². The first kappa shape index (κ1) is 19.9. The molecule has 3 nitrogen and oxygen atoms in total. The molecule has 2 heterocycles. The van der Waals surface area contributed by atoms with Crippen LogP contribution in [0.3, 0.4) is 0 Å². The van der Waals surface area contributed by atoms with Gasteiger partial charge in [-0.1, -0.05) is 38.1 Å². The molecule has 0 fully saturated rings. The van der Waals surface area contributed by atoms with Gasteiger partial charge in [-0.15, -0.1) is 0 Å². The van der Waals surface area contributed by atoms with Crippen LogP contribution in [-0.4, -0.2) is 23.8 Å². The van der Waals surface area contributed by atoms with Crippen LogP contribution in [0, 0.1) is 5.82 Å². The van der Waals surface area contributed by atoms with Crippen LogP contribution in [0.1, 0.15) is 41.7 Å². The van der Waals surface area contributed by atoms with Crippen LogP contribution >= 0.6 is 0 Å². The quantitative estimate of drug-likeness (QED) is 0.715. The number of aliphatic imine (C=N–C) groups is 1. The number of rotatable bonds is 3. The molecule has 1 aliphatic heterocycles. The van der Waals surface area contributed by atoms with Gasteiger partial charge in [0, 0.05) is 36.6 Å². The van der Waals surface area contributed by atoms with E-state index in [2.05, 4.69) is 28.5 Å². The summed E-state index contributed by atoms with van der Waals surface area (Å²) in [6.45, 7) is 6.19. The van der Waals surface area contributed by atoms with Crippen molar-refractivity contribution in [3.8, 4) is 0 Å². The third kappa shape index (κ3) is 4.70. The van der Waals surface area contributed by atoms with Crippen LogP contribution in [0.25, 0.3) is 0 Å². The molecule has 0 atom stereocenters. The van der Waals surface area contributed by atoms with Gasteiger partial charge in [0.1, 0.15) is 5.82 Å². The SMILES string of the molecule is CC.Fc1ccccc1C1=NCCNCc2ccc(Cc3ccncc3)cc21. The minimum absolute atomic E-state index is 0.231. The van der Waals surface area contributed by atoms with E-state index in [-0.39, 0.29) is 5.82 Å². The molecule has 0 saturated carbocycles. The highest BCUT2D eigenvalue weighted by atomic mass is 19.1. The van der Waals surface area contributed by atoms with E-state index in [1.54, 1.807) is 18.5 Å². The lowest BCUT2D eigenvalue weighted by molar-refractivity contribution is 0.624. The van der Waals surface area contributed by atoms with Gasteiger partial charge in [0.2, 0.25) is 0 Å². The smallest absolute Gasteiger partial charge is 0.132 e. The zero-order valence-electron chi connectivity index (χ0n) is 16.5. The zero-order valence-corrected chi connectivity index (χ0v) is 16.5. The van der Waals surface area contributed by atoms with Crippen molar-refractivity contribution >= 4 is 5.71 Å². The molecule has 0 saturated heterocycles. The van der Waals surface area contributed by atoms with Gasteiger partial charge in [0.15, 0.2) is 0 Å². The van der Waals surface area contributed by atoms with Crippen LogP contribution in [0.2, 0.25) is 0 Å². The van der Waals surface area contributed by atoms with E-state index in [0.717, 1.165) is 36.3 Å². The topological polar surface area (TPSA) is 37.3 Å². The number of nitrogens with one attached hydrogen (secondary N) is 1. The molecule has 0 spiro atoms.